The number of nitrogens with one attached hydrogen (secondary N) is 1. The molecule has 0 radical (unpaired) electrons. The van der Waals surface area contributed by atoms with Crippen molar-refractivity contribution in [2.24, 2.45) is 0 Å². The third-order valence-corrected chi connectivity index (χ3v) is 4.46. The average molecular weight is 295 g/mol. The predicted molar refractivity (Wildman–Crippen MR) is 78.6 cm³/mol. The number of hydrogen-bond donors (Lipinski definition) is 1. The second-order valence-electron chi connectivity index (χ2n) is 4.48. The van der Waals surface area contributed by atoms with E-state index in [0.29, 0.717) is 0 Å². The highest BCUT2D eigenvalue weighted by Gasteiger charge is 2.17. The lowest BCUT2D eigenvalue weighted by Crippen LogP contribution is -2.31. The Morgan fingerprint density at radius 2 is 2.29 bits per heavy atom. The van der Waals surface area contributed by atoms with Crippen LogP contribution < -0.4 is 5.32 Å². The minimum atomic E-state index is 0. The van der Waals surface area contributed by atoms with Gasteiger partial charge in [0.05, 0.1) is 5.02 Å². The summed E-state index contributed by atoms with van der Waals surface area (Å²) in [7, 11) is 2.23. The highest BCUT2D eigenvalue weighted by Crippen LogP contribution is 2.22. The van der Waals surface area contributed by atoms with Crippen LogP contribution >= 0.6 is 35.3 Å². The molecular formula is C12H20Cl2N2S. The van der Waals surface area contributed by atoms with Crippen LogP contribution in [0.15, 0.2) is 11.4 Å². The molecule has 1 aromatic rings. The van der Waals surface area contributed by atoms with Crippen molar-refractivity contribution in [1.82, 2.24) is 10.2 Å². The molecule has 0 bridgehead atoms. The topological polar surface area (TPSA) is 15.3 Å². The maximum Gasteiger partial charge on any atom is 0.0516 e. The van der Waals surface area contributed by atoms with Gasteiger partial charge in [0.2, 0.25) is 0 Å². The smallest absolute Gasteiger partial charge is 0.0516 e. The molecule has 1 aromatic heterocycles. The number of thiophene rings is 1. The molecule has 0 amide bonds. The normalized spacial score (nSPS) is 21.0. The molecule has 1 fully saturated rings. The van der Waals surface area contributed by atoms with E-state index in [0.717, 1.165) is 24.2 Å². The Bertz CT molecular complexity index is 322. The lowest BCUT2D eigenvalue weighted by atomic mass is 10.1. The van der Waals surface area contributed by atoms with E-state index >= 15 is 0 Å². The summed E-state index contributed by atoms with van der Waals surface area (Å²) in [5.74, 6) is 0. The average Bonchev–Trinajstić information content (AvgIpc) is 2.56. The van der Waals surface area contributed by atoms with E-state index in [1.807, 2.05) is 5.38 Å². The Labute approximate surface area is 119 Å². The maximum atomic E-state index is 5.94. The molecule has 0 saturated carbocycles. The van der Waals surface area contributed by atoms with Gasteiger partial charge in [0.1, 0.15) is 0 Å². The fourth-order valence-corrected chi connectivity index (χ4v) is 3.39. The zero-order valence-corrected chi connectivity index (χ0v) is 12.5. The summed E-state index contributed by atoms with van der Waals surface area (Å²) in [6, 6.07) is 2.80. The van der Waals surface area contributed by atoms with Crippen LogP contribution in [0.3, 0.4) is 0 Å². The van der Waals surface area contributed by atoms with Gasteiger partial charge < -0.3 is 5.32 Å². The summed E-state index contributed by atoms with van der Waals surface area (Å²) in [4.78, 5) is 3.83. The third-order valence-electron chi connectivity index (χ3n) is 3.20. The van der Waals surface area contributed by atoms with Gasteiger partial charge in [-0.05, 0) is 45.5 Å². The van der Waals surface area contributed by atoms with Crippen molar-refractivity contribution in [2.75, 3.05) is 20.1 Å². The van der Waals surface area contributed by atoms with Crippen LogP contribution in [0.4, 0.5) is 0 Å². The van der Waals surface area contributed by atoms with Crippen LogP contribution in [0.5, 0.6) is 0 Å². The van der Waals surface area contributed by atoms with E-state index < -0.39 is 0 Å². The predicted octanol–water partition coefficient (Wildman–Crippen LogP) is 3.40. The summed E-state index contributed by atoms with van der Waals surface area (Å²) >= 11 is 7.70. The molecule has 1 aliphatic rings. The molecule has 2 nitrogen and oxygen atoms in total. The van der Waals surface area contributed by atoms with E-state index in [1.54, 1.807) is 11.3 Å². The summed E-state index contributed by atoms with van der Waals surface area (Å²) in [6.45, 7) is 3.36. The van der Waals surface area contributed by atoms with Crippen molar-refractivity contribution in [3.63, 3.8) is 0 Å². The fraction of sp³-hybridized carbons (Fsp3) is 0.667. The monoisotopic (exact) mass is 294 g/mol. The zero-order chi connectivity index (χ0) is 11.4. The van der Waals surface area contributed by atoms with E-state index in [1.165, 1.54) is 30.7 Å². The van der Waals surface area contributed by atoms with Gasteiger partial charge in [-0.2, -0.15) is 0 Å². The second kappa shape index (κ2) is 7.59. The van der Waals surface area contributed by atoms with Crippen molar-refractivity contribution in [3.8, 4) is 0 Å². The highest BCUT2D eigenvalue weighted by atomic mass is 35.5. The van der Waals surface area contributed by atoms with Crippen molar-refractivity contribution in [2.45, 2.75) is 31.8 Å². The number of rotatable bonds is 3. The van der Waals surface area contributed by atoms with Crippen molar-refractivity contribution in [3.05, 3.63) is 21.3 Å². The molecule has 1 atom stereocenters. The van der Waals surface area contributed by atoms with Gasteiger partial charge >= 0.3 is 0 Å². The van der Waals surface area contributed by atoms with Crippen molar-refractivity contribution < 1.29 is 0 Å². The van der Waals surface area contributed by atoms with Crippen LogP contribution in [-0.2, 0) is 6.54 Å². The Morgan fingerprint density at radius 1 is 1.47 bits per heavy atom. The molecule has 98 valence electrons. The van der Waals surface area contributed by atoms with Gasteiger partial charge in [-0.3, -0.25) is 4.90 Å². The first-order valence-electron chi connectivity index (χ1n) is 5.89. The molecule has 1 N–H and O–H groups in total. The summed E-state index contributed by atoms with van der Waals surface area (Å²) in [6.07, 6.45) is 3.86. The van der Waals surface area contributed by atoms with E-state index in [2.05, 4.69) is 23.3 Å². The molecule has 2 rings (SSSR count). The molecule has 2 heterocycles. The van der Waals surface area contributed by atoms with Crippen LogP contribution in [-0.4, -0.2) is 31.1 Å². The molecule has 17 heavy (non-hydrogen) atoms. The molecule has 0 aliphatic carbocycles. The number of halogens is 2. The highest BCUT2D eigenvalue weighted by molar-refractivity contribution is 7.10. The molecular weight excluding hydrogens is 275 g/mol. The summed E-state index contributed by atoms with van der Waals surface area (Å²) in [5, 5.41) is 6.34. The molecule has 1 aliphatic heterocycles. The SMILES string of the molecule is CN(Cc1cc(Cl)cs1)C1CCCNCC1.Cl. The van der Waals surface area contributed by atoms with Crippen LogP contribution in [0.25, 0.3) is 0 Å². The Morgan fingerprint density at radius 3 is 3.00 bits per heavy atom. The van der Waals surface area contributed by atoms with Crippen LogP contribution in [0.1, 0.15) is 24.1 Å². The van der Waals surface area contributed by atoms with E-state index in [9.17, 15) is 0 Å². The van der Waals surface area contributed by atoms with Crippen LogP contribution in [0, 0.1) is 0 Å². The van der Waals surface area contributed by atoms with Crippen molar-refractivity contribution in [1.29, 1.82) is 0 Å². The van der Waals surface area contributed by atoms with E-state index in [-0.39, 0.29) is 12.4 Å². The Kier molecular flexibility index (Phi) is 6.82. The van der Waals surface area contributed by atoms with Crippen molar-refractivity contribution >= 4 is 35.3 Å². The molecule has 0 aromatic carbocycles. The van der Waals surface area contributed by atoms with Gasteiger partial charge in [-0.15, -0.1) is 23.7 Å². The first kappa shape index (κ1) is 15.3. The summed E-state index contributed by atoms with van der Waals surface area (Å²) < 4.78 is 0. The fourth-order valence-electron chi connectivity index (χ4n) is 2.25. The van der Waals surface area contributed by atoms with E-state index in [4.69, 9.17) is 11.6 Å². The first-order chi connectivity index (χ1) is 7.75. The zero-order valence-electron chi connectivity index (χ0n) is 10.1. The molecule has 5 heteroatoms. The Balaban J connectivity index is 0.00000144. The molecule has 0 spiro atoms. The van der Waals surface area contributed by atoms with Gasteiger partial charge in [0.25, 0.3) is 0 Å². The van der Waals surface area contributed by atoms with Gasteiger partial charge in [-0.1, -0.05) is 11.6 Å². The summed E-state index contributed by atoms with van der Waals surface area (Å²) in [5.41, 5.74) is 0. The lowest BCUT2D eigenvalue weighted by molar-refractivity contribution is 0.218. The van der Waals surface area contributed by atoms with Gasteiger partial charge in [0, 0.05) is 22.8 Å². The molecule has 1 unspecified atom stereocenters. The largest absolute Gasteiger partial charge is 0.317 e. The Hall–Kier alpha value is 0.200. The quantitative estimate of drug-likeness (QED) is 0.919. The minimum Gasteiger partial charge on any atom is -0.317 e. The number of hydrogen-bond acceptors (Lipinski definition) is 3. The maximum absolute atomic E-state index is 5.94. The van der Waals surface area contributed by atoms with Crippen LogP contribution in [0.2, 0.25) is 5.02 Å². The standard InChI is InChI=1S/C12H19ClN2S.ClH/c1-15(8-12-7-10(13)9-16-12)11-3-2-5-14-6-4-11;/h7,9,11,14H,2-6,8H2,1H3;1H. The van der Waals surface area contributed by atoms with Gasteiger partial charge in [0.15, 0.2) is 0 Å². The minimum absolute atomic E-state index is 0. The van der Waals surface area contributed by atoms with Gasteiger partial charge in [-0.25, -0.2) is 0 Å². The lowest BCUT2D eigenvalue weighted by Gasteiger charge is -2.26. The second-order valence-corrected chi connectivity index (χ2v) is 5.91. The number of nitrogens with zero attached hydrogens (tertiary/aromatic N) is 1. The first-order valence-corrected chi connectivity index (χ1v) is 7.15. The third kappa shape index (κ3) is 4.76. The molecule has 1 saturated heterocycles.